The fourth-order valence-electron chi connectivity index (χ4n) is 3.65. The van der Waals surface area contributed by atoms with E-state index >= 15 is 0 Å². The maximum atomic E-state index is 7.63. The van der Waals surface area contributed by atoms with Crippen LogP contribution >= 0.6 is 0 Å². The molecule has 33 heavy (non-hydrogen) atoms. The first kappa shape index (κ1) is 21.9. The molecule has 0 saturated heterocycles. The van der Waals surface area contributed by atoms with Gasteiger partial charge in [-0.25, -0.2) is 4.85 Å². The number of ether oxygens (including phenoxy) is 1. The van der Waals surface area contributed by atoms with Gasteiger partial charge in [0.15, 0.2) is 5.70 Å². The summed E-state index contributed by atoms with van der Waals surface area (Å²) < 4.78 is 5.22. The van der Waals surface area contributed by atoms with E-state index < -0.39 is 0 Å². The lowest BCUT2D eigenvalue weighted by Gasteiger charge is -2.26. The molecule has 0 radical (unpaired) electrons. The summed E-state index contributed by atoms with van der Waals surface area (Å²) in [6.07, 6.45) is 1.92. The van der Waals surface area contributed by atoms with Crippen molar-refractivity contribution in [2.75, 3.05) is 12.0 Å². The lowest BCUT2D eigenvalue weighted by molar-refractivity contribution is 0.415. The molecule has 0 amide bonds. The normalized spacial score (nSPS) is 11.0. The van der Waals surface area contributed by atoms with Gasteiger partial charge in [0, 0.05) is 17.1 Å². The van der Waals surface area contributed by atoms with Gasteiger partial charge in [0.2, 0.25) is 0 Å². The van der Waals surface area contributed by atoms with Crippen LogP contribution in [0, 0.1) is 20.4 Å². The second kappa shape index (κ2) is 9.89. The van der Waals surface area contributed by atoms with Crippen LogP contribution in [0.4, 0.5) is 17.1 Å². The Hall–Kier alpha value is -4.29. The van der Waals surface area contributed by atoms with E-state index in [9.17, 15) is 0 Å². The van der Waals surface area contributed by atoms with E-state index in [0.29, 0.717) is 5.70 Å². The number of rotatable bonds is 6. The van der Waals surface area contributed by atoms with Crippen molar-refractivity contribution in [3.05, 3.63) is 131 Å². The average molecular weight is 431 g/mol. The van der Waals surface area contributed by atoms with E-state index in [2.05, 4.69) is 96.4 Å². The third-order valence-electron chi connectivity index (χ3n) is 5.55. The van der Waals surface area contributed by atoms with Gasteiger partial charge >= 0.3 is 0 Å². The molecule has 162 valence electrons. The van der Waals surface area contributed by atoms with E-state index in [1.165, 1.54) is 11.1 Å². The quantitative estimate of drug-likeness (QED) is 0.226. The van der Waals surface area contributed by atoms with Gasteiger partial charge in [0.05, 0.1) is 13.7 Å². The molecule has 4 aromatic carbocycles. The van der Waals surface area contributed by atoms with E-state index in [4.69, 9.17) is 11.3 Å². The number of hydrogen-bond acceptors (Lipinski definition) is 2. The second-order valence-corrected chi connectivity index (χ2v) is 7.97. The molecule has 4 aromatic rings. The molecule has 4 rings (SSSR count). The fraction of sp³-hybridized carbons (Fsp3) is 0.100. The van der Waals surface area contributed by atoms with Crippen LogP contribution in [0.15, 0.2) is 97.1 Å². The van der Waals surface area contributed by atoms with E-state index in [1.807, 2.05) is 30.3 Å². The average Bonchev–Trinajstić information content (AvgIpc) is 2.86. The summed E-state index contributed by atoms with van der Waals surface area (Å²) in [5.74, 6) is 0.778. The molecule has 0 aliphatic heterocycles. The molecule has 0 aliphatic carbocycles. The first-order valence-corrected chi connectivity index (χ1v) is 10.8. The minimum atomic E-state index is 0.597. The molecule has 0 fully saturated rings. The van der Waals surface area contributed by atoms with Gasteiger partial charge in [0.25, 0.3) is 0 Å². The van der Waals surface area contributed by atoms with Gasteiger partial charge in [-0.05, 0) is 79.6 Å². The van der Waals surface area contributed by atoms with Gasteiger partial charge in [-0.15, -0.1) is 0 Å². The number of hydrogen-bond donors (Lipinski definition) is 0. The molecule has 0 unspecified atom stereocenters. The van der Waals surface area contributed by atoms with Crippen LogP contribution in [0.25, 0.3) is 16.6 Å². The Balaban J connectivity index is 1.68. The van der Waals surface area contributed by atoms with E-state index in [0.717, 1.165) is 33.9 Å². The van der Waals surface area contributed by atoms with E-state index in [-0.39, 0.29) is 0 Å². The molecule has 0 bridgehead atoms. The Morgan fingerprint density at radius 2 is 1.15 bits per heavy atom. The van der Waals surface area contributed by atoms with Crippen molar-refractivity contribution in [2.24, 2.45) is 0 Å². The summed E-state index contributed by atoms with van der Waals surface area (Å²) in [6, 6.07) is 33.0. The zero-order valence-corrected chi connectivity index (χ0v) is 19.1. The number of nitrogens with zero attached hydrogens (tertiary/aromatic N) is 2. The Kier molecular flexibility index (Phi) is 6.57. The molecule has 0 N–H and O–H groups in total. The van der Waals surface area contributed by atoms with E-state index in [1.54, 1.807) is 7.11 Å². The molecule has 3 heteroatoms. The van der Waals surface area contributed by atoms with Crippen molar-refractivity contribution in [2.45, 2.75) is 13.8 Å². The fourth-order valence-corrected chi connectivity index (χ4v) is 3.65. The summed E-state index contributed by atoms with van der Waals surface area (Å²) in [6.45, 7) is 11.8. The van der Waals surface area contributed by atoms with Crippen molar-refractivity contribution < 1.29 is 4.74 Å². The van der Waals surface area contributed by atoms with Crippen LogP contribution in [0.5, 0.6) is 5.75 Å². The van der Waals surface area contributed by atoms with Gasteiger partial charge in [-0.2, -0.15) is 0 Å². The summed E-state index contributed by atoms with van der Waals surface area (Å²) >= 11 is 0. The molecule has 0 aliphatic rings. The van der Waals surface area contributed by atoms with Crippen LogP contribution in [-0.4, -0.2) is 7.11 Å². The van der Waals surface area contributed by atoms with Crippen molar-refractivity contribution in [3.8, 4) is 5.75 Å². The molecule has 0 aromatic heterocycles. The lowest BCUT2D eigenvalue weighted by Crippen LogP contribution is -2.09. The predicted octanol–water partition coefficient (Wildman–Crippen LogP) is 8.20. The molecular weight excluding hydrogens is 404 g/mol. The Labute approximate surface area is 196 Å². The van der Waals surface area contributed by atoms with Gasteiger partial charge in [-0.1, -0.05) is 59.7 Å². The third kappa shape index (κ3) is 5.14. The molecule has 3 nitrogen and oxygen atoms in total. The number of aryl methyl sites for hydroxylation is 2. The third-order valence-corrected chi connectivity index (χ3v) is 5.55. The molecular formula is C30H26N2O. The minimum Gasteiger partial charge on any atom is -0.497 e. The summed E-state index contributed by atoms with van der Waals surface area (Å²) in [7, 11) is 1.64. The highest BCUT2D eigenvalue weighted by Gasteiger charge is 2.12. The summed E-state index contributed by atoms with van der Waals surface area (Å²) in [5, 5.41) is 0. The topological polar surface area (TPSA) is 16.8 Å². The van der Waals surface area contributed by atoms with Crippen LogP contribution < -0.4 is 9.64 Å². The van der Waals surface area contributed by atoms with Crippen molar-refractivity contribution in [1.82, 2.24) is 0 Å². The number of methoxy groups -OCH3 is 1. The Bertz CT molecular complexity index is 1230. The Morgan fingerprint density at radius 3 is 1.58 bits per heavy atom. The number of anilines is 3. The first-order chi connectivity index (χ1) is 16.1. The highest BCUT2D eigenvalue weighted by atomic mass is 16.5. The van der Waals surface area contributed by atoms with Gasteiger partial charge in [-0.3, -0.25) is 0 Å². The zero-order chi connectivity index (χ0) is 23.2. The summed E-state index contributed by atoms with van der Waals surface area (Å²) in [5.41, 5.74) is 8.18. The zero-order valence-electron chi connectivity index (χ0n) is 19.1. The highest BCUT2D eigenvalue weighted by molar-refractivity contribution is 5.86. The lowest BCUT2D eigenvalue weighted by atomic mass is 10.1. The van der Waals surface area contributed by atoms with Crippen molar-refractivity contribution >= 4 is 28.8 Å². The Morgan fingerprint density at radius 1 is 0.697 bits per heavy atom. The monoisotopic (exact) mass is 430 g/mol. The number of benzene rings is 4. The van der Waals surface area contributed by atoms with Crippen LogP contribution in [0.3, 0.4) is 0 Å². The largest absolute Gasteiger partial charge is 0.497 e. The predicted molar refractivity (Wildman–Crippen MR) is 138 cm³/mol. The van der Waals surface area contributed by atoms with Gasteiger partial charge in [0.1, 0.15) is 5.75 Å². The van der Waals surface area contributed by atoms with Crippen molar-refractivity contribution in [1.29, 1.82) is 0 Å². The molecule has 0 spiro atoms. The standard InChI is InChI=1S/C30H26N2O/c1-22-5-13-26(14-6-22)32(27-15-7-23(2)8-16-27)28-17-9-24(10-18-28)21-30(31-3)25-11-19-29(33-4)20-12-25/h5-21H,1-2,4H3/b30-21-. The van der Waals surface area contributed by atoms with Gasteiger partial charge < -0.3 is 9.64 Å². The SMILES string of the molecule is [C-]#[N+]/C(=C\c1ccc(N(c2ccc(C)cc2)c2ccc(C)cc2)cc1)c1ccc(OC)cc1. The first-order valence-electron chi connectivity index (χ1n) is 10.8. The smallest absolute Gasteiger partial charge is 0.194 e. The maximum absolute atomic E-state index is 7.63. The molecule has 0 heterocycles. The molecule has 0 saturated carbocycles. The van der Waals surface area contributed by atoms with Crippen molar-refractivity contribution in [3.63, 3.8) is 0 Å². The maximum Gasteiger partial charge on any atom is 0.194 e. The van der Waals surface area contributed by atoms with Crippen LogP contribution in [0.2, 0.25) is 0 Å². The highest BCUT2D eigenvalue weighted by Crippen LogP contribution is 2.35. The van der Waals surface area contributed by atoms with Crippen LogP contribution in [-0.2, 0) is 0 Å². The second-order valence-electron chi connectivity index (χ2n) is 7.97. The summed E-state index contributed by atoms with van der Waals surface area (Å²) in [4.78, 5) is 5.98. The van der Waals surface area contributed by atoms with Crippen LogP contribution in [0.1, 0.15) is 22.3 Å². The minimum absolute atomic E-state index is 0.597. The molecule has 0 atom stereocenters.